The van der Waals surface area contributed by atoms with Crippen molar-refractivity contribution in [2.75, 3.05) is 20.8 Å². The lowest BCUT2D eigenvalue weighted by Crippen LogP contribution is -2.35. The summed E-state index contributed by atoms with van der Waals surface area (Å²) >= 11 is 0. The fraction of sp³-hybridized carbons (Fsp3) is 0.600. The van der Waals surface area contributed by atoms with E-state index in [1.54, 1.807) is 14.2 Å². The van der Waals surface area contributed by atoms with Gasteiger partial charge in [-0.2, -0.15) is 0 Å². The number of benzene rings is 1. The minimum Gasteiger partial charge on any atom is -0.493 e. The average Bonchev–Trinajstić information content (AvgIpc) is 3.31. The number of amides is 2. The number of hydrogen-bond acceptors (Lipinski definition) is 4. The van der Waals surface area contributed by atoms with Gasteiger partial charge in [0.15, 0.2) is 11.5 Å². The molecule has 3 rings (SSSR count). The second kappa shape index (κ2) is 8.43. The molecule has 142 valence electrons. The zero-order chi connectivity index (χ0) is 18.5. The number of methoxy groups -OCH3 is 2. The Balaban J connectivity index is 1.40. The first-order chi connectivity index (χ1) is 12.6. The Morgan fingerprint density at radius 2 is 1.73 bits per heavy atom. The molecule has 0 radical (unpaired) electrons. The van der Waals surface area contributed by atoms with E-state index < -0.39 is 0 Å². The zero-order valence-corrected chi connectivity index (χ0v) is 15.5. The zero-order valence-electron chi connectivity index (χ0n) is 15.5. The SMILES string of the molecule is COc1ccc(CCNC(=O)C2CC2C(=O)NC2CCCC2)cc1OC. The van der Waals surface area contributed by atoms with Crippen LogP contribution < -0.4 is 20.1 Å². The maximum Gasteiger partial charge on any atom is 0.224 e. The van der Waals surface area contributed by atoms with Crippen molar-refractivity contribution in [3.8, 4) is 11.5 Å². The number of hydrogen-bond donors (Lipinski definition) is 2. The molecule has 0 saturated heterocycles. The molecule has 2 saturated carbocycles. The summed E-state index contributed by atoms with van der Waals surface area (Å²) in [7, 11) is 3.21. The minimum atomic E-state index is -0.165. The molecule has 2 N–H and O–H groups in total. The summed E-state index contributed by atoms with van der Waals surface area (Å²) in [4.78, 5) is 24.4. The van der Waals surface area contributed by atoms with E-state index in [1.807, 2.05) is 18.2 Å². The van der Waals surface area contributed by atoms with Gasteiger partial charge in [0.25, 0.3) is 0 Å². The van der Waals surface area contributed by atoms with Crippen LogP contribution in [0.4, 0.5) is 0 Å². The van der Waals surface area contributed by atoms with E-state index in [2.05, 4.69) is 10.6 Å². The molecule has 0 heterocycles. The highest BCUT2D eigenvalue weighted by atomic mass is 16.5. The van der Waals surface area contributed by atoms with E-state index in [0.717, 1.165) is 18.4 Å². The molecule has 26 heavy (non-hydrogen) atoms. The quantitative estimate of drug-likeness (QED) is 0.744. The van der Waals surface area contributed by atoms with Crippen LogP contribution in [0, 0.1) is 11.8 Å². The molecule has 1 aromatic rings. The molecule has 6 heteroatoms. The minimum absolute atomic E-state index is 0.0166. The van der Waals surface area contributed by atoms with Gasteiger partial charge in [0.2, 0.25) is 11.8 Å². The van der Waals surface area contributed by atoms with Gasteiger partial charge in [-0.05, 0) is 43.4 Å². The molecule has 2 amide bonds. The first-order valence-electron chi connectivity index (χ1n) is 9.41. The van der Waals surface area contributed by atoms with Gasteiger partial charge in [-0.1, -0.05) is 18.9 Å². The van der Waals surface area contributed by atoms with Gasteiger partial charge < -0.3 is 20.1 Å². The van der Waals surface area contributed by atoms with Crippen LogP contribution >= 0.6 is 0 Å². The molecule has 6 nitrogen and oxygen atoms in total. The van der Waals surface area contributed by atoms with E-state index in [9.17, 15) is 9.59 Å². The predicted molar refractivity (Wildman–Crippen MR) is 98.3 cm³/mol. The maximum absolute atomic E-state index is 12.2. The average molecular weight is 360 g/mol. The highest BCUT2D eigenvalue weighted by molar-refractivity contribution is 5.92. The molecule has 1 aromatic carbocycles. The molecule has 0 aliphatic heterocycles. The van der Waals surface area contributed by atoms with Crippen LogP contribution in [0.5, 0.6) is 11.5 Å². The fourth-order valence-corrected chi connectivity index (χ4v) is 3.65. The third-order valence-electron chi connectivity index (χ3n) is 5.33. The highest BCUT2D eigenvalue weighted by Gasteiger charge is 2.48. The van der Waals surface area contributed by atoms with Crippen molar-refractivity contribution in [1.29, 1.82) is 0 Å². The molecular formula is C20H28N2O4. The van der Waals surface area contributed by atoms with E-state index in [4.69, 9.17) is 9.47 Å². The standard InChI is InChI=1S/C20H28N2O4/c1-25-17-8-7-13(11-18(17)26-2)9-10-21-19(23)15-12-16(15)20(24)22-14-5-3-4-6-14/h7-8,11,14-16H,3-6,9-10,12H2,1-2H3,(H,21,23)(H,22,24). The van der Waals surface area contributed by atoms with Crippen LogP contribution in [0.15, 0.2) is 18.2 Å². The summed E-state index contributed by atoms with van der Waals surface area (Å²) in [5, 5.41) is 6.03. The van der Waals surface area contributed by atoms with Crippen molar-refractivity contribution in [1.82, 2.24) is 10.6 Å². The van der Waals surface area contributed by atoms with Gasteiger partial charge in [0.1, 0.15) is 0 Å². The lowest BCUT2D eigenvalue weighted by atomic mass is 10.1. The van der Waals surface area contributed by atoms with Crippen LogP contribution in [0.3, 0.4) is 0 Å². The fourth-order valence-electron chi connectivity index (χ4n) is 3.65. The summed E-state index contributed by atoms with van der Waals surface area (Å²) in [5.74, 6) is 1.10. The largest absolute Gasteiger partial charge is 0.493 e. The topological polar surface area (TPSA) is 76.7 Å². The van der Waals surface area contributed by atoms with E-state index in [-0.39, 0.29) is 23.7 Å². The Kier molecular flexibility index (Phi) is 6.01. The number of carbonyl (C=O) groups excluding carboxylic acids is 2. The van der Waals surface area contributed by atoms with Crippen molar-refractivity contribution >= 4 is 11.8 Å². The van der Waals surface area contributed by atoms with E-state index in [1.165, 1.54) is 12.8 Å². The summed E-state index contributed by atoms with van der Waals surface area (Å²) in [6, 6.07) is 6.06. The summed E-state index contributed by atoms with van der Waals surface area (Å²) in [6.45, 7) is 0.543. The van der Waals surface area contributed by atoms with Gasteiger partial charge in [-0.3, -0.25) is 9.59 Å². The van der Waals surface area contributed by atoms with Gasteiger partial charge in [0, 0.05) is 12.6 Å². The van der Waals surface area contributed by atoms with Crippen LogP contribution in [0.25, 0.3) is 0 Å². The first kappa shape index (κ1) is 18.5. The Hall–Kier alpha value is -2.24. The molecule has 2 aliphatic rings. The third kappa shape index (κ3) is 4.48. The molecule has 0 aromatic heterocycles. The third-order valence-corrected chi connectivity index (χ3v) is 5.33. The van der Waals surface area contributed by atoms with Crippen LogP contribution in [-0.4, -0.2) is 38.6 Å². The van der Waals surface area contributed by atoms with Gasteiger partial charge in [0.05, 0.1) is 26.1 Å². The van der Waals surface area contributed by atoms with Gasteiger partial charge in [-0.25, -0.2) is 0 Å². The van der Waals surface area contributed by atoms with Gasteiger partial charge >= 0.3 is 0 Å². The smallest absolute Gasteiger partial charge is 0.224 e. The van der Waals surface area contributed by atoms with Crippen molar-refractivity contribution in [3.63, 3.8) is 0 Å². The predicted octanol–water partition coefficient (Wildman–Crippen LogP) is 2.06. The second-order valence-corrected chi connectivity index (χ2v) is 7.17. The second-order valence-electron chi connectivity index (χ2n) is 7.17. The van der Waals surface area contributed by atoms with Gasteiger partial charge in [-0.15, -0.1) is 0 Å². The number of carbonyl (C=O) groups is 2. The maximum atomic E-state index is 12.2. The van der Waals surface area contributed by atoms with Crippen LogP contribution in [0.2, 0.25) is 0 Å². The van der Waals surface area contributed by atoms with Crippen LogP contribution in [0.1, 0.15) is 37.7 Å². The Labute approximate surface area is 154 Å². The Bertz CT molecular complexity index is 655. The number of rotatable bonds is 8. The number of nitrogens with one attached hydrogen (secondary N) is 2. The lowest BCUT2D eigenvalue weighted by molar-refractivity contribution is -0.127. The monoisotopic (exact) mass is 360 g/mol. The van der Waals surface area contributed by atoms with Crippen LogP contribution in [-0.2, 0) is 16.0 Å². The van der Waals surface area contributed by atoms with Crippen molar-refractivity contribution < 1.29 is 19.1 Å². The lowest BCUT2D eigenvalue weighted by Gasteiger charge is -2.12. The summed E-state index contributed by atoms with van der Waals surface area (Å²) < 4.78 is 10.5. The summed E-state index contributed by atoms with van der Waals surface area (Å²) in [6.07, 6.45) is 5.89. The van der Waals surface area contributed by atoms with Crippen molar-refractivity contribution in [2.24, 2.45) is 11.8 Å². The molecule has 2 aliphatic carbocycles. The summed E-state index contributed by atoms with van der Waals surface area (Å²) in [5.41, 5.74) is 1.06. The van der Waals surface area contributed by atoms with E-state index >= 15 is 0 Å². The molecule has 0 spiro atoms. The Morgan fingerprint density at radius 1 is 1.04 bits per heavy atom. The van der Waals surface area contributed by atoms with E-state index in [0.29, 0.717) is 36.9 Å². The molecule has 2 unspecified atom stereocenters. The molecule has 2 fully saturated rings. The molecule has 0 bridgehead atoms. The number of ether oxygens (including phenoxy) is 2. The Morgan fingerprint density at radius 3 is 2.42 bits per heavy atom. The van der Waals surface area contributed by atoms with Crippen molar-refractivity contribution in [2.45, 2.75) is 44.6 Å². The van der Waals surface area contributed by atoms with Crippen molar-refractivity contribution in [3.05, 3.63) is 23.8 Å². The highest BCUT2D eigenvalue weighted by Crippen LogP contribution is 2.39. The normalized spacial score (nSPS) is 21.9. The molecular weight excluding hydrogens is 332 g/mol. The molecule has 2 atom stereocenters. The first-order valence-corrected chi connectivity index (χ1v) is 9.41.